The van der Waals surface area contributed by atoms with E-state index in [1.165, 1.54) is 48.1 Å². The summed E-state index contributed by atoms with van der Waals surface area (Å²) in [4.78, 5) is 40.1. The second-order valence-electron chi connectivity index (χ2n) is 17.6. The fourth-order valence-corrected chi connectivity index (χ4v) is 10.7. The molecule has 3 aliphatic heterocycles. The number of benzene rings is 3. The molecule has 65 heavy (non-hydrogen) atoms. The Hall–Kier alpha value is -5.72. The van der Waals surface area contributed by atoms with Crippen molar-refractivity contribution < 1.29 is 32.3 Å². The fourth-order valence-electron chi connectivity index (χ4n) is 9.57. The summed E-state index contributed by atoms with van der Waals surface area (Å²) >= 11 is 6.28. The van der Waals surface area contributed by atoms with Crippen LogP contribution in [0.4, 0.5) is 28.4 Å². The molecular weight excluding hydrogens is 872 g/mol. The Balaban J connectivity index is 0.918. The molecule has 5 heterocycles. The number of H-pyrrole nitrogens is 1. The summed E-state index contributed by atoms with van der Waals surface area (Å²) < 4.78 is 47.2. The van der Waals surface area contributed by atoms with Crippen LogP contribution >= 0.6 is 11.6 Å². The summed E-state index contributed by atoms with van der Waals surface area (Å²) in [5.41, 5.74) is 7.16. The van der Waals surface area contributed by atoms with Crippen molar-refractivity contribution in [1.29, 1.82) is 0 Å². The monoisotopic (exact) mass is 922 g/mol. The van der Waals surface area contributed by atoms with E-state index < -0.39 is 31.4 Å². The lowest BCUT2D eigenvalue weighted by molar-refractivity contribution is -0.384. The van der Waals surface area contributed by atoms with Crippen LogP contribution in [0, 0.1) is 15.5 Å². The smallest absolute Gasteiger partial charge is 0.293 e. The largest absolute Gasteiger partial charge is 0.476 e. The zero-order valence-electron chi connectivity index (χ0n) is 35.9. The Morgan fingerprint density at radius 1 is 0.954 bits per heavy atom. The summed E-state index contributed by atoms with van der Waals surface area (Å²) in [6.45, 7) is 6.39. The maximum atomic E-state index is 14.4. The molecule has 5 aromatic rings. The van der Waals surface area contributed by atoms with Gasteiger partial charge in [0, 0.05) is 74.2 Å². The number of nitro groups is 1. The molecule has 1 atom stereocenters. The Bertz CT molecular complexity index is 2760. The lowest BCUT2D eigenvalue weighted by Crippen LogP contribution is -2.47. The number of hydrogen-bond acceptors (Lipinski definition) is 13. The molecule has 0 radical (unpaired) electrons. The number of hydrogen-bond donors (Lipinski definition) is 3. The molecule has 2 aromatic heterocycles. The quantitative estimate of drug-likeness (QED) is 0.0825. The number of nitro benzene ring substituents is 1. The van der Waals surface area contributed by atoms with Crippen molar-refractivity contribution in [1.82, 2.24) is 19.6 Å². The molecule has 16 nitrogen and oxygen atoms in total. The van der Waals surface area contributed by atoms with Gasteiger partial charge in [0.05, 0.1) is 53.6 Å². The van der Waals surface area contributed by atoms with Crippen LogP contribution in [0.3, 0.4) is 0 Å². The first-order chi connectivity index (χ1) is 31.5. The van der Waals surface area contributed by atoms with Crippen molar-refractivity contribution in [3.8, 4) is 5.88 Å². The molecule has 3 aromatic carbocycles. The van der Waals surface area contributed by atoms with Gasteiger partial charge < -0.3 is 34.3 Å². The highest BCUT2D eigenvalue weighted by molar-refractivity contribution is 7.90. The van der Waals surface area contributed by atoms with E-state index in [1.807, 2.05) is 41.3 Å². The molecule has 2 saturated heterocycles. The number of fused-ring (bicyclic) bond motifs is 2. The average Bonchev–Trinajstić information content (AvgIpc) is 3.97. The number of amides is 1. The minimum Gasteiger partial charge on any atom is -0.476 e. The SMILES string of the molecule is O=C(NS(=O)(=O)c1ccc(NC[C@H]2COCCO2)c([N+](=O)[O-])c1)c1ccc(N2CCN(CC3=C(c4ccc(Cl)cc4)CC4(CC3)CC4)CC2)cc1N1CCCOc2nc3[nH]ccc3cc21. The van der Waals surface area contributed by atoms with Crippen LogP contribution in [0.5, 0.6) is 5.88 Å². The Labute approximate surface area is 382 Å². The van der Waals surface area contributed by atoms with E-state index in [0.29, 0.717) is 67.7 Å². The Morgan fingerprint density at radius 3 is 2.55 bits per heavy atom. The topological polar surface area (TPSA) is 185 Å². The van der Waals surface area contributed by atoms with Crippen LogP contribution in [-0.2, 0) is 19.5 Å². The number of piperazine rings is 1. The van der Waals surface area contributed by atoms with Gasteiger partial charge in [-0.15, -0.1) is 0 Å². The summed E-state index contributed by atoms with van der Waals surface area (Å²) in [7, 11) is -4.59. The molecule has 5 aliphatic rings. The predicted molar refractivity (Wildman–Crippen MR) is 249 cm³/mol. The number of allylic oxidation sites excluding steroid dienone is 1. The first-order valence-electron chi connectivity index (χ1n) is 22.3. The lowest BCUT2D eigenvalue weighted by atomic mass is 9.78. The maximum Gasteiger partial charge on any atom is 0.293 e. The van der Waals surface area contributed by atoms with Gasteiger partial charge in [-0.3, -0.25) is 19.8 Å². The number of sulfonamides is 1. The third-order valence-electron chi connectivity index (χ3n) is 13.4. The van der Waals surface area contributed by atoms with Crippen molar-refractivity contribution in [2.24, 2.45) is 5.41 Å². The second kappa shape index (κ2) is 17.9. The Kier molecular flexibility index (Phi) is 11.9. The van der Waals surface area contributed by atoms with Gasteiger partial charge in [-0.05, 0) is 110 Å². The van der Waals surface area contributed by atoms with E-state index in [0.717, 1.165) is 67.7 Å². The van der Waals surface area contributed by atoms with E-state index in [9.17, 15) is 23.3 Å². The van der Waals surface area contributed by atoms with E-state index in [1.54, 1.807) is 12.3 Å². The van der Waals surface area contributed by atoms with Crippen molar-refractivity contribution in [2.75, 3.05) is 87.4 Å². The fraction of sp³-hybridized carbons (Fsp3) is 0.404. The van der Waals surface area contributed by atoms with Gasteiger partial charge in [0.25, 0.3) is 21.6 Å². The van der Waals surface area contributed by atoms with Crippen LogP contribution in [-0.4, -0.2) is 112 Å². The maximum absolute atomic E-state index is 14.4. The molecule has 3 fully saturated rings. The number of nitrogens with one attached hydrogen (secondary N) is 3. The molecule has 1 spiro atoms. The van der Waals surface area contributed by atoms with Crippen LogP contribution in [0.1, 0.15) is 54.4 Å². The highest BCUT2D eigenvalue weighted by Gasteiger charge is 2.45. The lowest BCUT2D eigenvalue weighted by Gasteiger charge is -2.38. The molecule has 0 unspecified atom stereocenters. The van der Waals surface area contributed by atoms with Gasteiger partial charge in [-0.25, -0.2) is 13.1 Å². The third-order valence-corrected chi connectivity index (χ3v) is 15.0. The summed E-state index contributed by atoms with van der Waals surface area (Å²) in [5, 5.41) is 16.7. The number of carbonyl (C=O) groups excluding carboxylic acids is 1. The minimum absolute atomic E-state index is 0.105. The van der Waals surface area contributed by atoms with Crippen molar-refractivity contribution in [3.63, 3.8) is 0 Å². The normalized spacial score (nSPS) is 20.0. The van der Waals surface area contributed by atoms with Crippen molar-refractivity contribution >= 4 is 72.6 Å². The minimum atomic E-state index is -4.59. The number of aromatic nitrogens is 2. The zero-order chi connectivity index (χ0) is 44.7. The molecule has 3 N–H and O–H groups in total. The van der Waals surface area contributed by atoms with E-state index in [4.69, 9.17) is 30.8 Å². The average molecular weight is 923 g/mol. The third kappa shape index (κ3) is 9.25. The summed E-state index contributed by atoms with van der Waals surface area (Å²) in [5.74, 6) is -0.495. The number of anilines is 4. The van der Waals surface area contributed by atoms with Crippen LogP contribution in [0.25, 0.3) is 16.6 Å². The number of pyridine rings is 1. The highest BCUT2D eigenvalue weighted by atomic mass is 35.5. The van der Waals surface area contributed by atoms with Crippen LogP contribution in [0.2, 0.25) is 5.02 Å². The number of halogens is 1. The first-order valence-corrected chi connectivity index (χ1v) is 24.1. The van der Waals surface area contributed by atoms with Gasteiger partial charge in [0.1, 0.15) is 17.0 Å². The van der Waals surface area contributed by atoms with Crippen LogP contribution in [0.15, 0.2) is 89.5 Å². The predicted octanol–water partition coefficient (Wildman–Crippen LogP) is 7.53. The second-order valence-corrected chi connectivity index (χ2v) is 19.8. The van der Waals surface area contributed by atoms with Gasteiger partial charge in [0.15, 0.2) is 0 Å². The molecule has 1 amide bonds. The summed E-state index contributed by atoms with van der Waals surface area (Å²) in [6.07, 6.45) is 8.17. The van der Waals surface area contributed by atoms with E-state index >= 15 is 0 Å². The molecular formula is C47H51ClN8O8S. The number of ether oxygens (including phenoxy) is 3. The van der Waals surface area contributed by atoms with E-state index in [-0.39, 0.29) is 23.9 Å². The van der Waals surface area contributed by atoms with E-state index in [2.05, 4.69) is 37.0 Å². The van der Waals surface area contributed by atoms with Gasteiger partial charge >= 0.3 is 0 Å². The van der Waals surface area contributed by atoms with Gasteiger partial charge in [0.2, 0.25) is 5.88 Å². The highest BCUT2D eigenvalue weighted by Crippen LogP contribution is 2.59. The van der Waals surface area contributed by atoms with Crippen molar-refractivity contribution in [2.45, 2.75) is 49.5 Å². The number of aromatic amines is 1. The van der Waals surface area contributed by atoms with Gasteiger partial charge in [-0.1, -0.05) is 29.3 Å². The zero-order valence-corrected chi connectivity index (χ0v) is 37.5. The summed E-state index contributed by atoms with van der Waals surface area (Å²) in [6, 6.07) is 21.1. The van der Waals surface area contributed by atoms with Gasteiger partial charge in [-0.2, -0.15) is 4.98 Å². The molecule has 18 heteroatoms. The first kappa shape index (κ1) is 43.2. The van der Waals surface area contributed by atoms with Crippen molar-refractivity contribution in [3.05, 3.63) is 111 Å². The molecule has 1 saturated carbocycles. The number of rotatable bonds is 12. The standard InChI is InChI=1S/C47H51ClN8O8S/c48-34-4-2-31(3-5-34)39-27-47(13-14-47)12-10-33(39)29-53-17-19-54(20-18-53)35-6-8-38(41(25-35)55-16-1-21-64-46-43(55)24-32-11-15-49-44(32)51-46)45(57)52-65(60,61)37-7-9-40(42(26-37)56(58)59)50-28-36-30-62-22-23-63-36/h2-9,11,15,24-26,36,50H,1,10,12-14,16-23,27-30H2,(H,49,51)(H,52,57)/t36-/m0/s1. The molecule has 2 aliphatic carbocycles. The molecule has 10 rings (SSSR count). The number of carbonyl (C=O) groups is 1. The number of nitrogens with zero attached hydrogens (tertiary/aromatic N) is 5. The van der Waals surface area contributed by atoms with Crippen LogP contribution < -0.4 is 24.6 Å². The molecule has 0 bridgehead atoms. The molecule has 340 valence electrons. The Morgan fingerprint density at radius 2 is 1.78 bits per heavy atom.